The van der Waals surface area contributed by atoms with E-state index in [2.05, 4.69) is 10.00 Å². The van der Waals surface area contributed by atoms with Crippen molar-refractivity contribution in [3.05, 3.63) is 46.2 Å². The Morgan fingerprint density at radius 1 is 1.12 bits per heavy atom. The van der Waals surface area contributed by atoms with E-state index in [1.807, 2.05) is 54.6 Å². The zero-order chi connectivity index (χ0) is 17.3. The number of benzene rings is 1. The van der Waals surface area contributed by atoms with Crippen molar-refractivity contribution in [3.63, 3.8) is 0 Å². The molecule has 1 fully saturated rings. The first-order valence-electron chi connectivity index (χ1n) is 8.35. The molecule has 0 bridgehead atoms. The minimum atomic E-state index is 0.0976. The highest BCUT2D eigenvalue weighted by Crippen LogP contribution is 2.21. The standard InChI is InChI=1S/C18H23ClN4O/c1-4-23-14(3)17(13(2)20-23)18(24)22-11-9-21(10-12-22)16-7-5-15(19)6-8-16/h5-8H,4,9-12H2,1-3H3. The lowest BCUT2D eigenvalue weighted by Gasteiger charge is -2.36. The molecule has 0 unspecified atom stereocenters. The summed E-state index contributed by atoms with van der Waals surface area (Å²) in [6.07, 6.45) is 0. The lowest BCUT2D eigenvalue weighted by atomic mass is 10.1. The van der Waals surface area contributed by atoms with E-state index in [1.54, 1.807) is 0 Å². The molecule has 0 atom stereocenters. The average molecular weight is 347 g/mol. The largest absolute Gasteiger partial charge is 0.368 e. The molecule has 5 nitrogen and oxygen atoms in total. The number of aromatic nitrogens is 2. The maximum atomic E-state index is 12.9. The maximum absolute atomic E-state index is 12.9. The molecular formula is C18H23ClN4O. The summed E-state index contributed by atoms with van der Waals surface area (Å²) in [6.45, 7) is 9.80. The maximum Gasteiger partial charge on any atom is 0.257 e. The number of aryl methyl sites for hydroxylation is 2. The van der Waals surface area contributed by atoms with Gasteiger partial charge in [0.1, 0.15) is 0 Å². The molecule has 2 aromatic rings. The lowest BCUT2D eigenvalue weighted by molar-refractivity contribution is 0.0745. The third-order valence-corrected chi connectivity index (χ3v) is 4.91. The van der Waals surface area contributed by atoms with Crippen LogP contribution < -0.4 is 4.90 Å². The molecule has 1 aliphatic rings. The van der Waals surface area contributed by atoms with Crippen LogP contribution >= 0.6 is 11.6 Å². The Morgan fingerprint density at radius 2 is 1.75 bits per heavy atom. The van der Waals surface area contributed by atoms with Crippen LogP contribution in [-0.2, 0) is 6.54 Å². The van der Waals surface area contributed by atoms with Crippen LogP contribution in [0.2, 0.25) is 5.02 Å². The van der Waals surface area contributed by atoms with Gasteiger partial charge in [-0.05, 0) is 45.0 Å². The average Bonchev–Trinajstić information content (AvgIpc) is 2.89. The van der Waals surface area contributed by atoms with Gasteiger partial charge in [-0.3, -0.25) is 9.48 Å². The van der Waals surface area contributed by atoms with Crippen LogP contribution in [0.3, 0.4) is 0 Å². The summed E-state index contributed by atoms with van der Waals surface area (Å²) < 4.78 is 1.90. The number of nitrogens with zero attached hydrogens (tertiary/aromatic N) is 4. The second kappa shape index (κ2) is 6.85. The zero-order valence-corrected chi connectivity index (χ0v) is 15.2. The molecule has 1 amide bonds. The van der Waals surface area contributed by atoms with Gasteiger partial charge in [0.2, 0.25) is 0 Å². The highest BCUT2D eigenvalue weighted by atomic mass is 35.5. The Labute approximate surface area is 147 Å². The predicted molar refractivity (Wildman–Crippen MR) is 96.9 cm³/mol. The van der Waals surface area contributed by atoms with Gasteiger partial charge >= 0.3 is 0 Å². The molecule has 0 spiro atoms. The first kappa shape index (κ1) is 16.8. The summed E-state index contributed by atoms with van der Waals surface area (Å²) >= 11 is 5.95. The van der Waals surface area contributed by atoms with Crippen molar-refractivity contribution in [2.75, 3.05) is 31.1 Å². The van der Waals surface area contributed by atoms with Gasteiger partial charge in [-0.2, -0.15) is 5.10 Å². The Balaban J connectivity index is 1.69. The number of amides is 1. The summed E-state index contributed by atoms with van der Waals surface area (Å²) in [5.74, 6) is 0.0976. The molecule has 0 radical (unpaired) electrons. The molecule has 6 heteroatoms. The second-order valence-electron chi connectivity index (χ2n) is 6.12. The van der Waals surface area contributed by atoms with E-state index in [4.69, 9.17) is 11.6 Å². The highest BCUT2D eigenvalue weighted by Gasteiger charge is 2.26. The fourth-order valence-corrected chi connectivity index (χ4v) is 3.42. The minimum absolute atomic E-state index is 0.0976. The highest BCUT2D eigenvalue weighted by molar-refractivity contribution is 6.30. The van der Waals surface area contributed by atoms with Crippen LogP contribution in [-0.4, -0.2) is 46.8 Å². The van der Waals surface area contributed by atoms with Gasteiger partial charge in [0.15, 0.2) is 0 Å². The van der Waals surface area contributed by atoms with Gasteiger partial charge in [0.25, 0.3) is 5.91 Å². The number of carbonyl (C=O) groups is 1. The first-order chi connectivity index (χ1) is 11.5. The van der Waals surface area contributed by atoms with E-state index in [-0.39, 0.29) is 5.91 Å². The molecule has 1 aromatic heterocycles. The van der Waals surface area contributed by atoms with Gasteiger partial charge in [-0.25, -0.2) is 0 Å². The zero-order valence-electron chi connectivity index (χ0n) is 14.4. The molecule has 3 rings (SSSR count). The van der Waals surface area contributed by atoms with E-state index in [9.17, 15) is 4.79 Å². The van der Waals surface area contributed by atoms with Crippen molar-refractivity contribution in [1.82, 2.24) is 14.7 Å². The molecule has 1 saturated heterocycles. The number of halogens is 1. The molecule has 1 aliphatic heterocycles. The van der Waals surface area contributed by atoms with Crippen molar-refractivity contribution in [2.24, 2.45) is 0 Å². The van der Waals surface area contributed by atoms with Crippen molar-refractivity contribution >= 4 is 23.2 Å². The van der Waals surface area contributed by atoms with Crippen LogP contribution in [0.4, 0.5) is 5.69 Å². The molecule has 0 N–H and O–H groups in total. The Morgan fingerprint density at radius 3 is 2.29 bits per heavy atom. The minimum Gasteiger partial charge on any atom is -0.368 e. The van der Waals surface area contributed by atoms with Crippen molar-refractivity contribution in [1.29, 1.82) is 0 Å². The van der Waals surface area contributed by atoms with E-state index in [1.165, 1.54) is 0 Å². The monoisotopic (exact) mass is 346 g/mol. The fraction of sp³-hybridized carbons (Fsp3) is 0.444. The molecule has 2 heterocycles. The Kier molecular flexibility index (Phi) is 4.81. The van der Waals surface area contributed by atoms with Crippen LogP contribution in [0.25, 0.3) is 0 Å². The predicted octanol–water partition coefficient (Wildman–Crippen LogP) is 3.14. The van der Waals surface area contributed by atoms with Crippen molar-refractivity contribution in [2.45, 2.75) is 27.3 Å². The molecule has 24 heavy (non-hydrogen) atoms. The van der Waals surface area contributed by atoms with Crippen LogP contribution in [0.15, 0.2) is 24.3 Å². The summed E-state index contributed by atoms with van der Waals surface area (Å²) in [6, 6.07) is 7.86. The number of carbonyl (C=O) groups excluding carboxylic acids is 1. The number of rotatable bonds is 3. The van der Waals surface area contributed by atoms with E-state index in [0.717, 1.165) is 60.4 Å². The van der Waals surface area contributed by atoms with Gasteiger partial charge in [-0.1, -0.05) is 11.6 Å². The SMILES string of the molecule is CCn1nc(C)c(C(=O)N2CCN(c3ccc(Cl)cc3)CC2)c1C. The Bertz CT molecular complexity index is 730. The summed E-state index contributed by atoms with van der Waals surface area (Å²) in [5, 5.41) is 5.20. The Hall–Kier alpha value is -2.01. The summed E-state index contributed by atoms with van der Waals surface area (Å²) in [5.41, 5.74) is 3.69. The van der Waals surface area contributed by atoms with Crippen LogP contribution in [0, 0.1) is 13.8 Å². The summed E-state index contributed by atoms with van der Waals surface area (Å²) in [4.78, 5) is 17.1. The van der Waals surface area contributed by atoms with E-state index in [0.29, 0.717) is 0 Å². The van der Waals surface area contributed by atoms with E-state index < -0.39 is 0 Å². The molecular weight excluding hydrogens is 324 g/mol. The van der Waals surface area contributed by atoms with Gasteiger partial charge < -0.3 is 9.80 Å². The third-order valence-electron chi connectivity index (χ3n) is 4.65. The van der Waals surface area contributed by atoms with Crippen molar-refractivity contribution in [3.8, 4) is 0 Å². The number of anilines is 1. The normalized spacial score (nSPS) is 15.0. The molecule has 0 aliphatic carbocycles. The number of piperazine rings is 1. The molecule has 128 valence electrons. The first-order valence-corrected chi connectivity index (χ1v) is 8.73. The molecule has 0 saturated carbocycles. The quantitative estimate of drug-likeness (QED) is 0.857. The lowest BCUT2D eigenvalue weighted by Crippen LogP contribution is -2.49. The third kappa shape index (κ3) is 3.13. The number of hydrogen-bond donors (Lipinski definition) is 0. The second-order valence-corrected chi connectivity index (χ2v) is 6.55. The topological polar surface area (TPSA) is 41.4 Å². The van der Waals surface area contributed by atoms with Gasteiger partial charge in [-0.15, -0.1) is 0 Å². The number of hydrogen-bond acceptors (Lipinski definition) is 3. The van der Waals surface area contributed by atoms with Crippen molar-refractivity contribution < 1.29 is 4.79 Å². The summed E-state index contributed by atoms with van der Waals surface area (Å²) in [7, 11) is 0. The molecule has 1 aromatic carbocycles. The van der Waals surface area contributed by atoms with Gasteiger partial charge in [0.05, 0.1) is 11.3 Å². The fourth-order valence-electron chi connectivity index (χ4n) is 3.29. The van der Waals surface area contributed by atoms with Crippen LogP contribution in [0.5, 0.6) is 0 Å². The van der Waals surface area contributed by atoms with E-state index >= 15 is 0 Å². The van der Waals surface area contributed by atoms with Crippen LogP contribution in [0.1, 0.15) is 28.7 Å². The smallest absolute Gasteiger partial charge is 0.257 e. The van der Waals surface area contributed by atoms with Gasteiger partial charge in [0, 0.05) is 49.1 Å².